The van der Waals surface area contributed by atoms with Crippen LogP contribution in [-0.4, -0.2) is 48.6 Å². The van der Waals surface area contributed by atoms with Gasteiger partial charge >= 0.3 is 11.9 Å². The van der Waals surface area contributed by atoms with E-state index in [1.165, 1.54) is 57.8 Å². The Hall–Kier alpha value is -1.92. The molecule has 0 saturated carbocycles. The van der Waals surface area contributed by atoms with Gasteiger partial charge in [-0.05, 0) is 57.3 Å². The second kappa shape index (κ2) is 26.7. The van der Waals surface area contributed by atoms with Crippen LogP contribution in [0.1, 0.15) is 143 Å². The summed E-state index contributed by atoms with van der Waals surface area (Å²) < 4.78 is 16.2. The predicted molar refractivity (Wildman–Crippen MR) is 172 cm³/mol. The highest BCUT2D eigenvalue weighted by molar-refractivity contribution is 5.70. The Morgan fingerprint density at radius 3 is 2.10 bits per heavy atom. The summed E-state index contributed by atoms with van der Waals surface area (Å²) in [7, 11) is 0. The topological polar surface area (TPSA) is 85.4 Å². The fraction of sp³-hybridized carbons (Fsp3) is 0.778. The smallest absolute Gasteiger partial charge is 0.306 e. The van der Waals surface area contributed by atoms with Crippen LogP contribution in [0.2, 0.25) is 0 Å². The molecule has 1 aliphatic rings. The number of ether oxygens (including phenoxy) is 3. The van der Waals surface area contributed by atoms with Gasteiger partial charge in [0.05, 0.1) is 18.8 Å². The summed E-state index contributed by atoms with van der Waals surface area (Å²) in [4.78, 5) is 24.1. The zero-order chi connectivity index (χ0) is 30.7. The number of aliphatic hydroxyl groups excluding tert-OH is 1. The number of rotatable bonds is 28. The molecule has 0 spiro atoms. The van der Waals surface area contributed by atoms with Crippen molar-refractivity contribution < 1.29 is 28.9 Å². The SMILES string of the molecule is CCCCC/C=C\CC1OC1C/C=C\C/C=C\CCCC(=O)O[C@@H](CO)COC(=O)CCCCCCCCC(C)CC. The molecule has 1 saturated heterocycles. The molecule has 242 valence electrons. The van der Waals surface area contributed by atoms with Crippen molar-refractivity contribution in [1.29, 1.82) is 0 Å². The Balaban J connectivity index is 1.98. The third kappa shape index (κ3) is 22.6. The maximum atomic E-state index is 12.1. The van der Waals surface area contributed by atoms with Crippen LogP contribution in [0.25, 0.3) is 0 Å². The van der Waals surface area contributed by atoms with Crippen LogP contribution < -0.4 is 0 Å². The number of allylic oxidation sites excluding steroid dienone is 4. The second-order valence-corrected chi connectivity index (χ2v) is 11.9. The van der Waals surface area contributed by atoms with Crippen molar-refractivity contribution in [2.24, 2.45) is 5.92 Å². The van der Waals surface area contributed by atoms with E-state index in [2.05, 4.69) is 57.2 Å². The molecule has 1 fully saturated rings. The maximum absolute atomic E-state index is 12.1. The van der Waals surface area contributed by atoms with Crippen molar-refractivity contribution in [3.05, 3.63) is 36.5 Å². The first-order valence-corrected chi connectivity index (χ1v) is 17.1. The lowest BCUT2D eigenvalue weighted by atomic mass is 10.00. The normalized spacial score (nSPS) is 18.2. The number of aliphatic hydroxyl groups is 1. The van der Waals surface area contributed by atoms with Gasteiger partial charge in [-0.3, -0.25) is 9.59 Å². The third-order valence-electron chi connectivity index (χ3n) is 7.88. The van der Waals surface area contributed by atoms with Gasteiger partial charge in [-0.2, -0.15) is 0 Å². The summed E-state index contributed by atoms with van der Waals surface area (Å²) in [5.74, 6) is 0.151. The summed E-state index contributed by atoms with van der Waals surface area (Å²) in [6, 6.07) is 0. The van der Waals surface area contributed by atoms with Gasteiger partial charge < -0.3 is 19.3 Å². The Kier molecular flexibility index (Phi) is 24.2. The van der Waals surface area contributed by atoms with Crippen LogP contribution in [0.4, 0.5) is 0 Å². The van der Waals surface area contributed by atoms with Crippen LogP contribution >= 0.6 is 0 Å². The zero-order valence-electron chi connectivity index (χ0n) is 27.1. The molecule has 42 heavy (non-hydrogen) atoms. The first kappa shape index (κ1) is 38.1. The highest BCUT2D eigenvalue weighted by Gasteiger charge is 2.35. The number of esters is 2. The van der Waals surface area contributed by atoms with Gasteiger partial charge in [0.25, 0.3) is 0 Å². The number of unbranched alkanes of at least 4 members (excludes halogenated alkanes) is 9. The number of hydrogen-bond acceptors (Lipinski definition) is 6. The molecule has 0 bridgehead atoms. The third-order valence-corrected chi connectivity index (χ3v) is 7.88. The van der Waals surface area contributed by atoms with Crippen molar-refractivity contribution in [3.63, 3.8) is 0 Å². The first-order chi connectivity index (χ1) is 20.5. The largest absolute Gasteiger partial charge is 0.462 e. The molecule has 0 radical (unpaired) electrons. The molecule has 0 aromatic rings. The van der Waals surface area contributed by atoms with Crippen molar-refractivity contribution in [2.45, 2.75) is 161 Å². The summed E-state index contributed by atoms with van der Waals surface area (Å²) >= 11 is 0. The van der Waals surface area contributed by atoms with Crippen molar-refractivity contribution in [2.75, 3.05) is 13.2 Å². The number of carbonyl (C=O) groups excluding carboxylic acids is 2. The lowest BCUT2D eigenvalue weighted by Gasteiger charge is -2.15. The van der Waals surface area contributed by atoms with Gasteiger partial charge in [0, 0.05) is 12.8 Å². The molecule has 1 aliphatic heterocycles. The van der Waals surface area contributed by atoms with E-state index in [0.29, 0.717) is 25.0 Å². The minimum Gasteiger partial charge on any atom is -0.462 e. The average Bonchev–Trinajstić information content (AvgIpc) is 3.75. The fourth-order valence-corrected chi connectivity index (χ4v) is 4.74. The van der Waals surface area contributed by atoms with Gasteiger partial charge in [0.1, 0.15) is 6.61 Å². The van der Waals surface area contributed by atoms with E-state index in [4.69, 9.17) is 14.2 Å². The van der Waals surface area contributed by atoms with Crippen molar-refractivity contribution in [1.82, 2.24) is 0 Å². The van der Waals surface area contributed by atoms with E-state index in [1.807, 2.05) is 0 Å². The summed E-state index contributed by atoms with van der Waals surface area (Å²) in [6.07, 6.45) is 32.4. The monoisotopic (exact) mass is 590 g/mol. The van der Waals surface area contributed by atoms with Gasteiger partial charge in [-0.25, -0.2) is 0 Å². The molecule has 0 amide bonds. The Bertz CT molecular complexity index is 758. The van der Waals surface area contributed by atoms with Crippen molar-refractivity contribution >= 4 is 11.9 Å². The van der Waals surface area contributed by atoms with E-state index < -0.39 is 6.10 Å². The average molecular weight is 591 g/mol. The molecular weight excluding hydrogens is 528 g/mol. The van der Waals surface area contributed by atoms with Crippen LogP contribution in [0, 0.1) is 5.92 Å². The van der Waals surface area contributed by atoms with Crippen molar-refractivity contribution in [3.8, 4) is 0 Å². The predicted octanol–water partition coefficient (Wildman–Crippen LogP) is 8.96. The number of epoxide rings is 1. The molecule has 0 aromatic carbocycles. The maximum Gasteiger partial charge on any atom is 0.306 e. The molecule has 6 nitrogen and oxygen atoms in total. The van der Waals surface area contributed by atoms with E-state index in [-0.39, 0.29) is 31.6 Å². The molecule has 1 rings (SSSR count). The molecule has 6 heteroatoms. The van der Waals surface area contributed by atoms with Crippen LogP contribution in [0.5, 0.6) is 0 Å². The van der Waals surface area contributed by atoms with Gasteiger partial charge in [0.2, 0.25) is 0 Å². The lowest BCUT2D eigenvalue weighted by molar-refractivity contribution is -0.161. The highest BCUT2D eigenvalue weighted by Crippen LogP contribution is 2.29. The van der Waals surface area contributed by atoms with E-state index >= 15 is 0 Å². The fourth-order valence-electron chi connectivity index (χ4n) is 4.74. The molecule has 0 aliphatic carbocycles. The van der Waals surface area contributed by atoms with Crippen LogP contribution in [0.3, 0.4) is 0 Å². The molecule has 1 N–H and O–H groups in total. The van der Waals surface area contributed by atoms with E-state index in [0.717, 1.165) is 50.9 Å². The second-order valence-electron chi connectivity index (χ2n) is 11.9. The van der Waals surface area contributed by atoms with Gasteiger partial charge in [-0.1, -0.05) is 115 Å². The van der Waals surface area contributed by atoms with Gasteiger partial charge in [0.15, 0.2) is 6.10 Å². The van der Waals surface area contributed by atoms with E-state index in [1.54, 1.807) is 0 Å². The Morgan fingerprint density at radius 2 is 1.38 bits per heavy atom. The minimum absolute atomic E-state index is 0.0919. The molecule has 4 atom stereocenters. The standard InChI is InChI=1S/C36H62O6/c1-4-6-7-8-15-20-25-33-34(42-33)26-21-16-10-9-11-18-23-28-36(39)41-32(29-37)30-40-35(38)27-22-17-13-12-14-19-24-31(3)5-2/h9,11,15-16,20-21,31-34,37H,4-8,10,12-14,17-19,22-30H2,1-3H3/b11-9-,20-15-,21-16-/t31?,32-,33?,34?/m0/s1. The Labute approximate surface area is 257 Å². The quantitative estimate of drug-likeness (QED) is 0.0424. The van der Waals surface area contributed by atoms with Crippen LogP contribution in [0.15, 0.2) is 36.5 Å². The number of carbonyl (C=O) groups is 2. The summed E-state index contributed by atoms with van der Waals surface area (Å²) in [6.45, 7) is 6.33. The van der Waals surface area contributed by atoms with E-state index in [9.17, 15) is 14.7 Å². The Morgan fingerprint density at radius 1 is 0.762 bits per heavy atom. The molecular formula is C36H62O6. The zero-order valence-corrected chi connectivity index (χ0v) is 27.1. The summed E-state index contributed by atoms with van der Waals surface area (Å²) in [5.41, 5.74) is 0. The molecule has 3 unspecified atom stereocenters. The number of hydrogen-bond donors (Lipinski definition) is 1. The van der Waals surface area contributed by atoms with Gasteiger partial charge in [-0.15, -0.1) is 0 Å². The minimum atomic E-state index is -0.801. The first-order valence-electron chi connectivity index (χ1n) is 17.1. The highest BCUT2D eigenvalue weighted by atomic mass is 16.6. The molecule has 1 heterocycles. The summed E-state index contributed by atoms with van der Waals surface area (Å²) in [5, 5.41) is 9.50. The molecule has 0 aromatic heterocycles. The lowest BCUT2D eigenvalue weighted by Crippen LogP contribution is -2.28. The van der Waals surface area contributed by atoms with Crippen LogP contribution in [-0.2, 0) is 23.8 Å².